The average molecular weight is 379 g/mol. The highest BCUT2D eigenvalue weighted by atomic mass is 35.5. The molecular formula is C18H23ClN4OS. The van der Waals surface area contributed by atoms with Gasteiger partial charge in [0.15, 0.2) is 0 Å². The van der Waals surface area contributed by atoms with Crippen molar-refractivity contribution in [3.05, 3.63) is 52.3 Å². The van der Waals surface area contributed by atoms with E-state index in [1.165, 1.54) is 0 Å². The quantitative estimate of drug-likeness (QED) is 0.734. The Morgan fingerprint density at radius 3 is 2.56 bits per heavy atom. The summed E-state index contributed by atoms with van der Waals surface area (Å²) in [5, 5.41) is 6.76. The van der Waals surface area contributed by atoms with Crippen LogP contribution in [0.3, 0.4) is 0 Å². The van der Waals surface area contributed by atoms with Crippen LogP contribution < -0.4 is 10.6 Å². The van der Waals surface area contributed by atoms with E-state index < -0.39 is 6.04 Å². The Morgan fingerprint density at radius 2 is 1.92 bits per heavy atom. The Bertz CT molecular complexity index is 706. The van der Waals surface area contributed by atoms with E-state index in [1.807, 2.05) is 50.4 Å². The van der Waals surface area contributed by atoms with Gasteiger partial charge in [-0.3, -0.25) is 4.79 Å². The van der Waals surface area contributed by atoms with Gasteiger partial charge in [-0.1, -0.05) is 29.8 Å². The van der Waals surface area contributed by atoms with Crippen LogP contribution in [-0.2, 0) is 11.3 Å². The molecular weight excluding hydrogens is 356 g/mol. The summed E-state index contributed by atoms with van der Waals surface area (Å²) >= 11 is 7.84. The van der Waals surface area contributed by atoms with Gasteiger partial charge in [-0.05, 0) is 50.0 Å². The monoisotopic (exact) mass is 378 g/mol. The maximum absolute atomic E-state index is 12.6. The third kappa shape index (κ3) is 6.21. The normalized spacial score (nSPS) is 11.8. The molecule has 2 rings (SSSR count). The average Bonchev–Trinajstić information content (AvgIpc) is 2.56. The number of rotatable bonds is 8. The third-order valence-electron chi connectivity index (χ3n) is 3.62. The van der Waals surface area contributed by atoms with Gasteiger partial charge in [-0.25, -0.2) is 9.97 Å². The van der Waals surface area contributed by atoms with E-state index in [0.717, 1.165) is 22.7 Å². The highest BCUT2D eigenvalue weighted by Gasteiger charge is 2.19. The van der Waals surface area contributed by atoms with Gasteiger partial charge >= 0.3 is 0 Å². The second-order valence-corrected chi connectivity index (χ2v) is 7.15. The first-order valence-electron chi connectivity index (χ1n) is 8.08. The largest absolute Gasteiger partial charge is 0.350 e. The maximum Gasteiger partial charge on any atom is 0.242 e. The Balaban J connectivity index is 2.04. The van der Waals surface area contributed by atoms with E-state index in [9.17, 15) is 4.79 Å². The summed E-state index contributed by atoms with van der Waals surface area (Å²) in [6.07, 6.45) is 2.71. The highest BCUT2D eigenvalue weighted by Crippen LogP contribution is 2.15. The van der Waals surface area contributed by atoms with Crippen molar-refractivity contribution in [2.45, 2.75) is 32.9 Å². The molecule has 1 aromatic carbocycles. The number of carbonyl (C=O) groups is 1. The van der Waals surface area contributed by atoms with Crippen LogP contribution in [-0.4, -0.2) is 33.9 Å². The number of benzene rings is 1. The van der Waals surface area contributed by atoms with E-state index in [1.54, 1.807) is 11.8 Å². The molecule has 0 fully saturated rings. The van der Waals surface area contributed by atoms with E-state index >= 15 is 0 Å². The van der Waals surface area contributed by atoms with Gasteiger partial charge in [0.1, 0.15) is 6.04 Å². The minimum absolute atomic E-state index is 0.0864. The molecule has 0 spiro atoms. The van der Waals surface area contributed by atoms with Gasteiger partial charge < -0.3 is 10.6 Å². The zero-order valence-electron chi connectivity index (χ0n) is 14.7. The van der Waals surface area contributed by atoms with Crippen molar-refractivity contribution in [3.63, 3.8) is 0 Å². The van der Waals surface area contributed by atoms with Crippen molar-refractivity contribution < 1.29 is 4.79 Å². The number of amides is 1. The van der Waals surface area contributed by atoms with Gasteiger partial charge in [0.05, 0.1) is 0 Å². The molecule has 0 aliphatic rings. The number of aryl methyl sites for hydroxylation is 2. The van der Waals surface area contributed by atoms with Crippen molar-refractivity contribution in [2.75, 3.05) is 17.3 Å². The highest BCUT2D eigenvalue weighted by molar-refractivity contribution is 7.98. The number of thioether (sulfide) groups is 1. The lowest BCUT2D eigenvalue weighted by Gasteiger charge is -2.19. The number of aromatic nitrogens is 2. The van der Waals surface area contributed by atoms with Crippen LogP contribution in [0.4, 0.5) is 5.95 Å². The van der Waals surface area contributed by atoms with E-state index in [4.69, 9.17) is 11.6 Å². The van der Waals surface area contributed by atoms with Crippen LogP contribution in [0.25, 0.3) is 0 Å². The van der Waals surface area contributed by atoms with Crippen LogP contribution in [0.15, 0.2) is 30.3 Å². The van der Waals surface area contributed by atoms with Gasteiger partial charge in [0, 0.05) is 23.0 Å². The van der Waals surface area contributed by atoms with E-state index in [0.29, 0.717) is 23.9 Å². The van der Waals surface area contributed by atoms with Crippen LogP contribution in [0.1, 0.15) is 23.4 Å². The fraction of sp³-hybridized carbons (Fsp3) is 0.389. The molecule has 0 bridgehead atoms. The van der Waals surface area contributed by atoms with Crippen molar-refractivity contribution in [1.82, 2.24) is 15.3 Å². The smallest absolute Gasteiger partial charge is 0.242 e. The van der Waals surface area contributed by atoms with Gasteiger partial charge in [0.25, 0.3) is 0 Å². The number of nitrogens with zero attached hydrogens (tertiary/aromatic N) is 2. The minimum atomic E-state index is -0.392. The summed E-state index contributed by atoms with van der Waals surface area (Å²) in [4.78, 5) is 21.4. The predicted octanol–water partition coefficient (Wildman–Crippen LogP) is 3.60. The topological polar surface area (TPSA) is 66.9 Å². The lowest BCUT2D eigenvalue weighted by molar-refractivity contribution is -0.122. The van der Waals surface area contributed by atoms with Gasteiger partial charge in [0.2, 0.25) is 11.9 Å². The Hall–Kier alpha value is -1.79. The van der Waals surface area contributed by atoms with Crippen LogP contribution >= 0.6 is 23.4 Å². The summed E-state index contributed by atoms with van der Waals surface area (Å²) in [6.45, 7) is 4.21. The van der Waals surface area contributed by atoms with Crippen LogP contribution in [0.2, 0.25) is 5.02 Å². The standard InChI is InChI=1S/C18H23ClN4OS/c1-12-10-13(2)22-18(21-12)23-16(8-9-25-3)17(24)20-11-14-6-4-5-7-15(14)19/h4-7,10,16H,8-9,11H2,1-3H3,(H,20,24)(H,21,22,23). The molecule has 1 amide bonds. The molecule has 2 aromatic rings. The maximum atomic E-state index is 12.6. The predicted molar refractivity (Wildman–Crippen MR) is 105 cm³/mol. The van der Waals surface area contributed by atoms with Crippen molar-refractivity contribution >= 4 is 35.2 Å². The van der Waals surface area contributed by atoms with Crippen molar-refractivity contribution in [1.29, 1.82) is 0 Å². The Morgan fingerprint density at radius 1 is 1.24 bits per heavy atom. The fourth-order valence-electron chi connectivity index (χ4n) is 2.40. The number of hydrogen-bond acceptors (Lipinski definition) is 5. The summed E-state index contributed by atoms with van der Waals surface area (Å²) in [6, 6.07) is 9.00. The van der Waals surface area contributed by atoms with Gasteiger partial charge in [-0.2, -0.15) is 11.8 Å². The van der Waals surface area contributed by atoms with Crippen molar-refractivity contribution in [2.24, 2.45) is 0 Å². The lowest BCUT2D eigenvalue weighted by Crippen LogP contribution is -2.40. The Labute approximate surface area is 158 Å². The van der Waals surface area contributed by atoms with Crippen molar-refractivity contribution in [3.8, 4) is 0 Å². The molecule has 1 atom stereocenters. The second-order valence-electron chi connectivity index (χ2n) is 5.76. The SMILES string of the molecule is CSCCC(Nc1nc(C)cc(C)n1)C(=O)NCc1ccccc1Cl. The molecule has 1 aromatic heterocycles. The fourth-order valence-corrected chi connectivity index (χ4v) is 3.07. The molecule has 25 heavy (non-hydrogen) atoms. The molecule has 0 radical (unpaired) electrons. The Kier molecular flexibility index (Phi) is 7.52. The van der Waals surface area contributed by atoms with E-state index in [-0.39, 0.29) is 5.91 Å². The minimum Gasteiger partial charge on any atom is -0.350 e. The zero-order chi connectivity index (χ0) is 18.2. The molecule has 1 heterocycles. The molecule has 7 heteroatoms. The summed E-state index contributed by atoms with van der Waals surface area (Å²) in [5.41, 5.74) is 2.63. The molecule has 134 valence electrons. The third-order valence-corrected chi connectivity index (χ3v) is 4.64. The first-order valence-corrected chi connectivity index (χ1v) is 9.85. The molecule has 0 saturated heterocycles. The van der Waals surface area contributed by atoms with Gasteiger partial charge in [-0.15, -0.1) is 0 Å². The zero-order valence-corrected chi connectivity index (χ0v) is 16.2. The summed E-state index contributed by atoms with van der Waals surface area (Å²) in [5.74, 6) is 1.26. The van der Waals surface area contributed by atoms with Crippen LogP contribution in [0.5, 0.6) is 0 Å². The first kappa shape index (κ1) is 19.5. The number of hydrogen-bond donors (Lipinski definition) is 2. The number of nitrogens with one attached hydrogen (secondary N) is 2. The first-order chi connectivity index (χ1) is 12.0. The molecule has 0 aliphatic carbocycles. The summed E-state index contributed by atoms with van der Waals surface area (Å²) < 4.78 is 0. The molecule has 2 N–H and O–H groups in total. The number of carbonyl (C=O) groups excluding carboxylic acids is 1. The number of anilines is 1. The molecule has 5 nitrogen and oxygen atoms in total. The second kappa shape index (κ2) is 9.63. The van der Waals surface area contributed by atoms with Crippen LogP contribution in [0, 0.1) is 13.8 Å². The molecule has 0 aliphatic heterocycles. The molecule has 1 unspecified atom stereocenters. The molecule has 0 saturated carbocycles. The number of halogens is 1. The summed E-state index contributed by atoms with van der Waals surface area (Å²) in [7, 11) is 0. The van der Waals surface area contributed by atoms with E-state index in [2.05, 4.69) is 20.6 Å². The lowest BCUT2D eigenvalue weighted by atomic mass is 10.2.